The van der Waals surface area contributed by atoms with Crippen LogP contribution >= 0.6 is 11.3 Å². The molecule has 0 radical (unpaired) electrons. The van der Waals surface area contributed by atoms with E-state index in [1.165, 1.54) is 10.4 Å². The van der Waals surface area contributed by atoms with E-state index in [9.17, 15) is 5.11 Å². The first-order valence-corrected chi connectivity index (χ1v) is 6.64. The Labute approximate surface area is 110 Å². The van der Waals surface area contributed by atoms with Gasteiger partial charge in [0.05, 0.1) is 0 Å². The summed E-state index contributed by atoms with van der Waals surface area (Å²) < 4.78 is 0. The van der Waals surface area contributed by atoms with Crippen molar-refractivity contribution in [2.45, 2.75) is 0 Å². The van der Waals surface area contributed by atoms with E-state index >= 15 is 0 Å². The fourth-order valence-electron chi connectivity index (χ4n) is 1.98. The molecule has 1 heterocycles. The van der Waals surface area contributed by atoms with Gasteiger partial charge >= 0.3 is 0 Å². The molecule has 0 aliphatic heterocycles. The molecule has 2 aromatic carbocycles. The number of aromatic hydroxyl groups is 1. The number of rotatable bonds is 2. The second-order valence-corrected chi connectivity index (χ2v) is 5.06. The molecule has 18 heavy (non-hydrogen) atoms. The molecule has 1 N–H and O–H groups in total. The predicted molar refractivity (Wildman–Crippen MR) is 76.9 cm³/mol. The normalized spacial score (nSPS) is 10.4. The van der Waals surface area contributed by atoms with Crippen molar-refractivity contribution >= 4 is 11.3 Å². The Bertz CT molecular complexity index is 656. The second-order valence-electron chi connectivity index (χ2n) is 4.11. The molecular formula is C16H12OS. The van der Waals surface area contributed by atoms with Crippen LogP contribution < -0.4 is 0 Å². The van der Waals surface area contributed by atoms with Gasteiger partial charge in [-0.25, -0.2) is 0 Å². The fourth-order valence-corrected chi connectivity index (χ4v) is 2.70. The van der Waals surface area contributed by atoms with Gasteiger partial charge in [0.25, 0.3) is 0 Å². The molecule has 0 aliphatic rings. The number of hydrogen-bond donors (Lipinski definition) is 1. The zero-order chi connectivity index (χ0) is 12.4. The van der Waals surface area contributed by atoms with E-state index in [0.29, 0.717) is 5.75 Å². The number of thiophene rings is 1. The van der Waals surface area contributed by atoms with Crippen LogP contribution in [0.5, 0.6) is 5.75 Å². The van der Waals surface area contributed by atoms with E-state index in [1.807, 2.05) is 12.1 Å². The topological polar surface area (TPSA) is 20.2 Å². The second kappa shape index (κ2) is 4.67. The van der Waals surface area contributed by atoms with Gasteiger partial charge in [-0.05, 0) is 46.3 Å². The van der Waals surface area contributed by atoms with Crippen molar-refractivity contribution in [3.8, 4) is 27.3 Å². The summed E-state index contributed by atoms with van der Waals surface area (Å²) in [7, 11) is 0. The van der Waals surface area contributed by atoms with Crippen molar-refractivity contribution in [1.82, 2.24) is 0 Å². The molecule has 0 aliphatic carbocycles. The maximum absolute atomic E-state index is 9.53. The first kappa shape index (κ1) is 11.1. The average molecular weight is 252 g/mol. The molecule has 0 unspecified atom stereocenters. The van der Waals surface area contributed by atoms with E-state index in [2.05, 4.69) is 41.8 Å². The van der Waals surface area contributed by atoms with Crippen molar-refractivity contribution in [1.29, 1.82) is 0 Å². The van der Waals surface area contributed by atoms with Crippen LogP contribution in [0, 0.1) is 0 Å². The quantitative estimate of drug-likeness (QED) is 0.695. The molecule has 1 nitrogen and oxygen atoms in total. The molecule has 2 heteroatoms. The lowest BCUT2D eigenvalue weighted by atomic mass is 10.0. The van der Waals surface area contributed by atoms with Gasteiger partial charge in [0, 0.05) is 4.88 Å². The van der Waals surface area contributed by atoms with Crippen LogP contribution in [0.4, 0.5) is 0 Å². The Morgan fingerprint density at radius 1 is 0.722 bits per heavy atom. The Kier molecular flexibility index (Phi) is 2.87. The summed E-state index contributed by atoms with van der Waals surface area (Å²) in [6.07, 6.45) is 0. The molecule has 0 atom stereocenters. The zero-order valence-corrected chi connectivity index (χ0v) is 10.5. The first-order chi connectivity index (χ1) is 8.83. The summed E-state index contributed by atoms with van der Waals surface area (Å²) in [5.74, 6) is 0.300. The van der Waals surface area contributed by atoms with Crippen LogP contribution in [0.25, 0.3) is 21.6 Å². The smallest absolute Gasteiger partial charge is 0.116 e. The Balaban J connectivity index is 2.06. The van der Waals surface area contributed by atoms with Crippen molar-refractivity contribution in [2.24, 2.45) is 0 Å². The Hall–Kier alpha value is -2.06. The van der Waals surface area contributed by atoms with Crippen molar-refractivity contribution in [3.05, 3.63) is 66.0 Å². The van der Waals surface area contributed by atoms with Crippen LogP contribution in [0.15, 0.2) is 66.0 Å². The third-order valence-electron chi connectivity index (χ3n) is 2.85. The lowest BCUT2D eigenvalue weighted by Gasteiger charge is -2.04. The van der Waals surface area contributed by atoms with Crippen LogP contribution in [0.3, 0.4) is 0 Å². The van der Waals surface area contributed by atoms with Gasteiger partial charge < -0.3 is 5.11 Å². The summed E-state index contributed by atoms with van der Waals surface area (Å²) in [6, 6.07) is 19.9. The highest BCUT2D eigenvalue weighted by molar-refractivity contribution is 7.13. The van der Waals surface area contributed by atoms with Crippen LogP contribution in [0.2, 0.25) is 0 Å². The summed E-state index contributed by atoms with van der Waals surface area (Å²) in [4.78, 5) is 1.26. The van der Waals surface area contributed by atoms with Gasteiger partial charge in [-0.1, -0.05) is 36.4 Å². The highest BCUT2D eigenvalue weighted by Gasteiger charge is 2.02. The average Bonchev–Trinajstić information content (AvgIpc) is 2.93. The highest BCUT2D eigenvalue weighted by Crippen LogP contribution is 2.30. The van der Waals surface area contributed by atoms with Crippen LogP contribution in [-0.2, 0) is 0 Å². The van der Waals surface area contributed by atoms with Crippen molar-refractivity contribution < 1.29 is 5.11 Å². The summed E-state index contributed by atoms with van der Waals surface area (Å²) in [6.45, 7) is 0. The van der Waals surface area contributed by atoms with E-state index in [0.717, 1.165) is 11.1 Å². The molecule has 0 bridgehead atoms. The molecule has 0 saturated heterocycles. The van der Waals surface area contributed by atoms with Crippen molar-refractivity contribution in [3.63, 3.8) is 0 Å². The van der Waals surface area contributed by atoms with Gasteiger partial charge in [-0.3, -0.25) is 0 Å². The molecule has 3 aromatic rings. The molecule has 3 rings (SSSR count). The van der Waals surface area contributed by atoms with Gasteiger partial charge in [-0.15, -0.1) is 11.3 Å². The minimum atomic E-state index is 0.300. The first-order valence-electron chi connectivity index (χ1n) is 5.76. The third-order valence-corrected chi connectivity index (χ3v) is 3.77. The van der Waals surface area contributed by atoms with Gasteiger partial charge in [0.1, 0.15) is 5.75 Å². The van der Waals surface area contributed by atoms with Gasteiger partial charge in [0.15, 0.2) is 0 Å². The monoisotopic (exact) mass is 252 g/mol. The summed E-state index contributed by atoms with van der Waals surface area (Å²) in [5, 5.41) is 11.6. The number of hydrogen-bond acceptors (Lipinski definition) is 2. The third kappa shape index (κ3) is 2.15. The number of benzene rings is 2. The minimum absolute atomic E-state index is 0.300. The van der Waals surface area contributed by atoms with E-state index in [4.69, 9.17) is 0 Å². The number of phenolic OH excluding ortho intramolecular Hbond substituents is 1. The maximum atomic E-state index is 9.53. The van der Waals surface area contributed by atoms with Gasteiger partial charge in [0.2, 0.25) is 0 Å². The largest absolute Gasteiger partial charge is 0.508 e. The fraction of sp³-hybridized carbons (Fsp3) is 0. The molecule has 0 fully saturated rings. The Morgan fingerprint density at radius 3 is 2.17 bits per heavy atom. The maximum Gasteiger partial charge on any atom is 0.116 e. The van der Waals surface area contributed by atoms with E-state index in [1.54, 1.807) is 23.5 Å². The Morgan fingerprint density at radius 2 is 1.44 bits per heavy atom. The highest BCUT2D eigenvalue weighted by atomic mass is 32.1. The lowest BCUT2D eigenvalue weighted by molar-refractivity contribution is 0.475. The number of phenols is 1. The van der Waals surface area contributed by atoms with Crippen molar-refractivity contribution in [2.75, 3.05) is 0 Å². The standard InChI is InChI=1S/C16H12OS/c17-15-7-2-5-13(11-15)12-4-1-6-14(10-12)16-8-3-9-18-16/h1-11,17H. The van der Waals surface area contributed by atoms with Crippen LogP contribution in [-0.4, -0.2) is 5.11 Å². The molecule has 0 amide bonds. The van der Waals surface area contributed by atoms with Gasteiger partial charge in [-0.2, -0.15) is 0 Å². The lowest BCUT2D eigenvalue weighted by Crippen LogP contribution is -1.79. The van der Waals surface area contributed by atoms with E-state index in [-0.39, 0.29) is 0 Å². The molecule has 88 valence electrons. The predicted octanol–water partition coefficient (Wildman–Crippen LogP) is 4.79. The summed E-state index contributed by atoms with van der Waals surface area (Å²) >= 11 is 1.73. The molecular weight excluding hydrogens is 240 g/mol. The van der Waals surface area contributed by atoms with E-state index < -0.39 is 0 Å². The molecule has 0 saturated carbocycles. The molecule has 1 aromatic heterocycles. The zero-order valence-electron chi connectivity index (χ0n) is 9.71. The minimum Gasteiger partial charge on any atom is -0.508 e. The summed E-state index contributed by atoms with van der Waals surface area (Å²) in [5.41, 5.74) is 3.37. The van der Waals surface area contributed by atoms with Crippen LogP contribution in [0.1, 0.15) is 0 Å². The SMILES string of the molecule is Oc1cccc(-c2cccc(-c3cccs3)c2)c1. The molecule has 0 spiro atoms.